The lowest BCUT2D eigenvalue weighted by molar-refractivity contribution is 0.0946. The topological polar surface area (TPSA) is 59.8 Å². The molecule has 1 aromatic carbocycles. The summed E-state index contributed by atoms with van der Waals surface area (Å²) in [7, 11) is 0. The van der Waals surface area contributed by atoms with E-state index in [4.69, 9.17) is 0 Å². The zero-order valence-corrected chi connectivity index (χ0v) is 16.7. The molecule has 1 aliphatic carbocycles. The van der Waals surface area contributed by atoms with Gasteiger partial charge in [0.2, 0.25) is 0 Å². The molecular formula is C21H23FN4OS. The summed E-state index contributed by atoms with van der Waals surface area (Å²) in [5.41, 5.74) is 4.46. The molecule has 7 heteroatoms. The van der Waals surface area contributed by atoms with Crippen molar-refractivity contribution in [1.29, 1.82) is 0 Å². The molecule has 0 aliphatic heterocycles. The third-order valence-corrected chi connectivity index (χ3v) is 6.01. The van der Waals surface area contributed by atoms with Gasteiger partial charge >= 0.3 is 0 Å². The molecule has 5 nitrogen and oxygen atoms in total. The van der Waals surface area contributed by atoms with Gasteiger partial charge in [-0.05, 0) is 69.7 Å². The number of hydrogen-bond donors (Lipinski definition) is 1. The number of nitrogens with one attached hydrogen (secondary N) is 1. The second-order valence-corrected chi connectivity index (χ2v) is 8.05. The van der Waals surface area contributed by atoms with Crippen molar-refractivity contribution in [1.82, 2.24) is 20.1 Å². The molecule has 0 unspecified atom stereocenters. The first-order chi connectivity index (χ1) is 13.6. The normalized spacial score (nSPS) is 12.9. The van der Waals surface area contributed by atoms with Gasteiger partial charge in [0.05, 0.1) is 10.7 Å². The molecule has 0 radical (unpaired) electrons. The zero-order valence-electron chi connectivity index (χ0n) is 15.9. The predicted octanol–water partition coefficient (Wildman–Crippen LogP) is 4.02. The number of benzene rings is 1. The predicted molar refractivity (Wildman–Crippen MR) is 108 cm³/mol. The fourth-order valence-electron chi connectivity index (χ4n) is 3.62. The smallest absolute Gasteiger partial charge is 0.272 e. The molecule has 1 N–H and O–H groups in total. The molecule has 0 saturated heterocycles. The van der Waals surface area contributed by atoms with Gasteiger partial charge in [0.1, 0.15) is 5.82 Å². The lowest BCUT2D eigenvalue weighted by Crippen LogP contribution is -2.26. The lowest BCUT2D eigenvalue weighted by Gasteiger charge is -2.05. The molecule has 3 aromatic rings. The van der Waals surface area contributed by atoms with E-state index in [9.17, 15) is 9.18 Å². The Balaban J connectivity index is 1.37. The van der Waals surface area contributed by atoms with E-state index in [2.05, 4.69) is 20.8 Å². The summed E-state index contributed by atoms with van der Waals surface area (Å²) in [5, 5.41) is 10.8. The van der Waals surface area contributed by atoms with Gasteiger partial charge in [-0.3, -0.25) is 4.79 Å². The second kappa shape index (κ2) is 8.22. The molecule has 0 bridgehead atoms. The Bertz CT molecular complexity index is 977. The number of halogens is 1. The summed E-state index contributed by atoms with van der Waals surface area (Å²) in [6, 6.07) is 6.23. The fourth-order valence-corrected chi connectivity index (χ4v) is 4.44. The number of rotatable bonds is 7. The third kappa shape index (κ3) is 3.99. The number of aromatic nitrogens is 3. The van der Waals surface area contributed by atoms with Crippen LogP contribution in [-0.4, -0.2) is 27.2 Å². The number of carbonyl (C=O) groups is 1. The average Bonchev–Trinajstić information content (AvgIpc) is 3.39. The van der Waals surface area contributed by atoms with Crippen molar-refractivity contribution in [2.45, 2.75) is 45.4 Å². The van der Waals surface area contributed by atoms with Gasteiger partial charge in [-0.2, -0.15) is 5.10 Å². The maximum absolute atomic E-state index is 13.2. The summed E-state index contributed by atoms with van der Waals surface area (Å²) >= 11 is 1.69. The number of amides is 1. The number of aryl methyl sites for hydroxylation is 2. The monoisotopic (exact) mass is 398 g/mol. The summed E-state index contributed by atoms with van der Waals surface area (Å²) in [4.78, 5) is 17.1. The van der Waals surface area contributed by atoms with Crippen LogP contribution >= 0.6 is 11.3 Å². The molecule has 4 rings (SSSR count). The van der Waals surface area contributed by atoms with Crippen molar-refractivity contribution >= 4 is 17.2 Å². The van der Waals surface area contributed by atoms with Gasteiger partial charge in [0, 0.05) is 28.9 Å². The Kier molecular flexibility index (Phi) is 5.52. The molecule has 146 valence electrons. The number of unbranched alkanes of at least 4 members (excludes halogenated alkanes) is 1. The SMILES string of the molecule is Cc1csc(CCCCNC(=O)c2nn(-c3ccc(F)cc3)c3c2CCC3)n1. The second-order valence-electron chi connectivity index (χ2n) is 7.11. The Hall–Kier alpha value is -2.54. The molecule has 0 fully saturated rings. The van der Waals surface area contributed by atoms with Gasteiger partial charge in [0.25, 0.3) is 5.91 Å². The van der Waals surface area contributed by atoms with Gasteiger partial charge in [-0.1, -0.05) is 0 Å². The Labute approximate surface area is 167 Å². The highest BCUT2D eigenvalue weighted by Crippen LogP contribution is 2.28. The average molecular weight is 399 g/mol. The quantitative estimate of drug-likeness (QED) is 0.612. The van der Waals surface area contributed by atoms with Crippen LogP contribution < -0.4 is 5.32 Å². The maximum atomic E-state index is 13.2. The van der Waals surface area contributed by atoms with Crippen LogP contribution in [0.15, 0.2) is 29.6 Å². The molecule has 1 aliphatic rings. The highest BCUT2D eigenvalue weighted by molar-refractivity contribution is 7.09. The van der Waals surface area contributed by atoms with Crippen molar-refractivity contribution in [3.8, 4) is 5.69 Å². The van der Waals surface area contributed by atoms with Crippen LogP contribution in [0, 0.1) is 12.7 Å². The first-order valence-corrected chi connectivity index (χ1v) is 10.6. The Morgan fingerprint density at radius 3 is 2.82 bits per heavy atom. The number of nitrogens with zero attached hydrogens (tertiary/aromatic N) is 3. The van der Waals surface area contributed by atoms with Gasteiger partial charge in [-0.25, -0.2) is 14.1 Å². The first-order valence-electron chi connectivity index (χ1n) is 9.68. The molecule has 28 heavy (non-hydrogen) atoms. The van der Waals surface area contributed by atoms with Gasteiger partial charge in [0.15, 0.2) is 5.69 Å². The number of fused-ring (bicyclic) bond motifs is 1. The fraction of sp³-hybridized carbons (Fsp3) is 0.381. The van der Waals surface area contributed by atoms with E-state index < -0.39 is 0 Å². The highest BCUT2D eigenvalue weighted by atomic mass is 32.1. The molecular weight excluding hydrogens is 375 g/mol. The van der Waals surface area contributed by atoms with Gasteiger partial charge < -0.3 is 5.32 Å². The Morgan fingerprint density at radius 1 is 1.25 bits per heavy atom. The number of hydrogen-bond acceptors (Lipinski definition) is 4. The lowest BCUT2D eigenvalue weighted by atomic mass is 10.2. The third-order valence-electron chi connectivity index (χ3n) is 4.99. The maximum Gasteiger partial charge on any atom is 0.272 e. The van der Waals surface area contributed by atoms with Crippen LogP contribution in [0.4, 0.5) is 4.39 Å². The van der Waals surface area contributed by atoms with Crippen molar-refractivity contribution in [3.63, 3.8) is 0 Å². The van der Waals surface area contributed by atoms with E-state index in [-0.39, 0.29) is 11.7 Å². The molecule has 0 saturated carbocycles. The summed E-state index contributed by atoms with van der Waals surface area (Å²) < 4.78 is 15.0. The first kappa shape index (κ1) is 18.8. The molecule has 2 heterocycles. The highest BCUT2D eigenvalue weighted by Gasteiger charge is 2.26. The van der Waals surface area contributed by atoms with E-state index in [1.165, 1.54) is 12.1 Å². The van der Waals surface area contributed by atoms with Gasteiger partial charge in [-0.15, -0.1) is 11.3 Å². The van der Waals surface area contributed by atoms with E-state index in [1.54, 1.807) is 28.2 Å². The van der Waals surface area contributed by atoms with Crippen molar-refractivity contribution < 1.29 is 9.18 Å². The van der Waals surface area contributed by atoms with E-state index in [0.717, 1.165) is 66.2 Å². The van der Waals surface area contributed by atoms with E-state index >= 15 is 0 Å². The van der Waals surface area contributed by atoms with E-state index in [1.807, 2.05) is 6.92 Å². The molecule has 0 atom stereocenters. The molecule has 0 spiro atoms. The van der Waals surface area contributed by atoms with Crippen LogP contribution in [0.2, 0.25) is 0 Å². The van der Waals surface area contributed by atoms with Crippen molar-refractivity contribution in [3.05, 3.63) is 63.1 Å². The minimum Gasteiger partial charge on any atom is -0.351 e. The zero-order chi connectivity index (χ0) is 19.5. The minimum absolute atomic E-state index is 0.121. The molecule has 1 amide bonds. The summed E-state index contributed by atoms with van der Waals surface area (Å²) in [5.74, 6) is -0.400. The van der Waals surface area contributed by atoms with Crippen LogP contribution in [0.25, 0.3) is 5.69 Å². The van der Waals surface area contributed by atoms with Crippen LogP contribution in [0.5, 0.6) is 0 Å². The standard InChI is InChI=1S/C21H23FN4OS/c1-14-13-28-19(24-14)7-2-3-12-23-21(27)20-17-5-4-6-18(17)26(25-20)16-10-8-15(22)9-11-16/h8-11,13H,2-7,12H2,1H3,(H,23,27). The number of thiazole rings is 1. The van der Waals surface area contributed by atoms with Crippen LogP contribution in [-0.2, 0) is 19.3 Å². The minimum atomic E-state index is -0.279. The number of carbonyl (C=O) groups excluding carboxylic acids is 1. The summed E-state index contributed by atoms with van der Waals surface area (Å²) in [6.07, 6.45) is 5.62. The molecule has 2 aromatic heterocycles. The van der Waals surface area contributed by atoms with E-state index in [0.29, 0.717) is 12.2 Å². The summed E-state index contributed by atoms with van der Waals surface area (Å²) in [6.45, 7) is 2.63. The van der Waals surface area contributed by atoms with Crippen LogP contribution in [0.3, 0.4) is 0 Å². The van der Waals surface area contributed by atoms with Crippen LogP contribution in [0.1, 0.15) is 51.7 Å². The Morgan fingerprint density at radius 2 is 2.07 bits per heavy atom. The largest absolute Gasteiger partial charge is 0.351 e. The van der Waals surface area contributed by atoms with Crippen molar-refractivity contribution in [2.24, 2.45) is 0 Å². The van der Waals surface area contributed by atoms with Crippen molar-refractivity contribution in [2.75, 3.05) is 6.54 Å².